The van der Waals surface area contributed by atoms with Crippen LogP contribution in [0.1, 0.15) is 6.42 Å². The van der Waals surface area contributed by atoms with E-state index in [1.54, 1.807) is 7.11 Å². The third kappa shape index (κ3) is 0.560. The fraction of sp³-hybridized carbons (Fsp3) is 0.857. The van der Waals surface area contributed by atoms with Gasteiger partial charge in [0, 0.05) is 13.0 Å². The summed E-state index contributed by atoms with van der Waals surface area (Å²) in [5.41, 5.74) is -0.214. The van der Waals surface area contributed by atoms with Gasteiger partial charge in [0.15, 0.2) is 0 Å². The molecule has 0 N–H and O–H groups in total. The topological polar surface area (TPSA) is 35.5 Å². The highest BCUT2D eigenvalue weighted by molar-refractivity contribution is 5.83. The van der Waals surface area contributed by atoms with Crippen LogP contribution in [0.2, 0.25) is 0 Å². The molecule has 1 aliphatic heterocycles. The highest BCUT2D eigenvalue weighted by atomic mass is 16.5. The summed E-state index contributed by atoms with van der Waals surface area (Å²) in [7, 11) is 1.62. The lowest BCUT2D eigenvalue weighted by atomic mass is 10.1. The van der Waals surface area contributed by atoms with Crippen molar-refractivity contribution in [2.75, 3.05) is 20.3 Å². The maximum Gasteiger partial charge on any atom is 0.314 e. The number of cyclic esters (lactones) is 1. The number of fused-ring (bicyclic) bond motifs is 1. The molecule has 0 aromatic carbocycles. The average molecular weight is 142 g/mol. The first-order valence-corrected chi connectivity index (χ1v) is 3.46. The zero-order chi connectivity index (χ0) is 7.19. The van der Waals surface area contributed by atoms with Crippen molar-refractivity contribution in [3.8, 4) is 0 Å². The van der Waals surface area contributed by atoms with Crippen LogP contribution in [-0.4, -0.2) is 26.3 Å². The van der Waals surface area contributed by atoms with Gasteiger partial charge < -0.3 is 9.47 Å². The van der Waals surface area contributed by atoms with Crippen molar-refractivity contribution in [2.24, 2.45) is 11.3 Å². The first-order chi connectivity index (χ1) is 4.79. The molecule has 0 aromatic heterocycles. The van der Waals surface area contributed by atoms with Gasteiger partial charge in [0.1, 0.15) is 0 Å². The van der Waals surface area contributed by atoms with E-state index in [0.29, 0.717) is 19.1 Å². The van der Waals surface area contributed by atoms with Gasteiger partial charge in [0.25, 0.3) is 0 Å². The van der Waals surface area contributed by atoms with Crippen LogP contribution in [0.3, 0.4) is 0 Å². The van der Waals surface area contributed by atoms with Crippen molar-refractivity contribution < 1.29 is 14.3 Å². The maximum absolute atomic E-state index is 11.0. The molecule has 0 amide bonds. The van der Waals surface area contributed by atoms with Crippen molar-refractivity contribution in [1.82, 2.24) is 0 Å². The van der Waals surface area contributed by atoms with E-state index in [0.717, 1.165) is 6.42 Å². The number of ether oxygens (including phenoxy) is 2. The third-order valence-corrected chi connectivity index (χ3v) is 2.46. The van der Waals surface area contributed by atoms with Gasteiger partial charge in [0.2, 0.25) is 0 Å². The summed E-state index contributed by atoms with van der Waals surface area (Å²) >= 11 is 0. The minimum atomic E-state index is -0.214. The summed E-state index contributed by atoms with van der Waals surface area (Å²) in [6.45, 7) is 1.15. The van der Waals surface area contributed by atoms with Crippen LogP contribution < -0.4 is 0 Å². The zero-order valence-electron chi connectivity index (χ0n) is 5.92. The Labute approximate surface area is 59.3 Å². The Hall–Kier alpha value is -0.570. The molecule has 0 aromatic rings. The van der Waals surface area contributed by atoms with Gasteiger partial charge in [-0.05, 0) is 6.42 Å². The van der Waals surface area contributed by atoms with Gasteiger partial charge in [-0.25, -0.2) is 0 Å². The minimum Gasteiger partial charge on any atom is -0.465 e. The lowest BCUT2D eigenvalue weighted by molar-refractivity contribution is -0.146. The predicted molar refractivity (Wildman–Crippen MR) is 33.4 cm³/mol. The van der Waals surface area contributed by atoms with Crippen LogP contribution >= 0.6 is 0 Å². The van der Waals surface area contributed by atoms with E-state index in [4.69, 9.17) is 9.47 Å². The number of methoxy groups -OCH3 is 1. The molecule has 1 saturated carbocycles. The van der Waals surface area contributed by atoms with E-state index in [-0.39, 0.29) is 11.4 Å². The summed E-state index contributed by atoms with van der Waals surface area (Å²) in [4.78, 5) is 11.0. The van der Waals surface area contributed by atoms with Crippen LogP contribution in [0, 0.1) is 11.3 Å². The molecule has 0 bridgehead atoms. The number of carbonyl (C=O) groups is 1. The van der Waals surface area contributed by atoms with E-state index in [2.05, 4.69) is 0 Å². The van der Waals surface area contributed by atoms with Crippen molar-refractivity contribution in [3.63, 3.8) is 0 Å². The first kappa shape index (κ1) is 6.16. The second-order valence-electron chi connectivity index (χ2n) is 3.09. The average Bonchev–Trinajstić information content (AvgIpc) is 2.53. The van der Waals surface area contributed by atoms with E-state index in [1.807, 2.05) is 0 Å². The van der Waals surface area contributed by atoms with Gasteiger partial charge in [-0.1, -0.05) is 0 Å². The van der Waals surface area contributed by atoms with Gasteiger partial charge in [-0.3, -0.25) is 4.79 Å². The second-order valence-corrected chi connectivity index (χ2v) is 3.09. The summed E-state index contributed by atoms with van der Waals surface area (Å²) in [5, 5.41) is 0. The Morgan fingerprint density at radius 3 is 3.10 bits per heavy atom. The largest absolute Gasteiger partial charge is 0.465 e. The molecule has 2 aliphatic rings. The highest BCUT2D eigenvalue weighted by Gasteiger charge is 2.65. The molecule has 2 fully saturated rings. The Bertz CT molecular complexity index is 178. The molecular weight excluding hydrogens is 132 g/mol. The fourth-order valence-electron chi connectivity index (χ4n) is 1.66. The summed E-state index contributed by atoms with van der Waals surface area (Å²) in [6, 6.07) is 0. The zero-order valence-corrected chi connectivity index (χ0v) is 5.92. The highest BCUT2D eigenvalue weighted by Crippen LogP contribution is 2.57. The molecule has 2 atom stereocenters. The summed E-state index contributed by atoms with van der Waals surface area (Å²) in [5.74, 6) is 0.402. The Morgan fingerprint density at radius 2 is 2.70 bits per heavy atom. The molecule has 1 heterocycles. The lowest BCUT2D eigenvalue weighted by Crippen LogP contribution is -2.19. The molecule has 0 radical (unpaired) electrons. The van der Waals surface area contributed by atoms with Crippen LogP contribution in [-0.2, 0) is 14.3 Å². The van der Waals surface area contributed by atoms with Crippen molar-refractivity contribution >= 4 is 5.97 Å². The summed E-state index contributed by atoms with van der Waals surface area (Å²) in [6.07, 6.45) is 0.972. The number of esters is 1. The fourth-order valence-corrected chi connectivity index (χ4v) is 1.66. The number of hydrogen-bond acceptors (Lipinski definition) is 3. The number of rotatable bonds is 2. The molecule has 10 heavy (non-hydrogen) atoms. The molecule has 0 spiro atoms. The molecule has 3 nitrogen and oxygen atoms in total. The van der Waals surface area contributed by atoms with Crippen LogP contribution in [0.5, 0.6) is 0 Å². The van der Waals surface area contributed by atoms with Crippen molar-refractivity contribution in [1.29, 1.82) is 0 Å². The Kier molecular flexibility index (Phi) is 1.06. The first-order valence-electron chi connectivity index (χ1n) is 3.46. The number of hydrogen-bond donors (Lipinski definition) is 0. The van der Waals surface area contributed by atoms with Gasteiger partial charge in [0.05, 0.1) is 18.6 Å². The molecule has 1 saturated heterocycles. The van der Waals surface area contributed by atoms with Crippen LogP contribution in [0.25, 0.3) is 0 Å². The Morgan fingerprint density at radius 1 is 1.90 bits per heavy atom. The van der Waals surface area contributed by atoms with Gasteiger partial charge in [-0.15, -0.1) is 0 Å². The monoisotopic (exact) mass is 142 g/mol. The molecular formula is C7H10O3. The molecule has 2 rings (SSSR count). The van der Waals surface area contributed by atoms with E-state index >= 15 is 0 Å². The van der Waals surface area contributed by atoms with Gasteiger partial charge in [-0.2, -0.15) is 0 Å². The Balaban J connectivity index is 2.10. The van der Waals surface area contributed by atoms with Crippen LogP contribution in [0.15, 0.2) is 0 Å². The minimum absolute atomic E-state index is 0.0562. The van der Waals surface area contributed by atoms with Crippen LogP contribution in [0.4, 0.5) is 0 Å². The normalized spacial score (nSPS) is 42.9. The van der Waals surface area contributed by atoms with Crippen molar-refractivity contribution in [2.45, 2.75) is 6.42 Å². The molecule has 1 aliphatic carbocycles. The molecule has 1 unspecified atom stereocenters. The smallest absolute Gasteiger partial charge is 0.314 e. The lowest BCUT2D eigenvalue weighted by Gasteiger charge is -2.05. The van der Waals surface area contributed by atoms with Crippen molar-refractivity contribution in [3.05, 3.63) is 0 Å². The standard InChI is InChI=1S/C7H10O3/c1-9-4-7-2-5(7)3-10-6(7)8/h5H,2-4H2,1H3/t5?,7-/m1/s1. The molecule has 3 heteroatoms. The second kappa shape index (κ2) is 1.72. The quantitative estimate of drug-likeness (QED) is 0.516. The van der Waals surface area contributed by atoms with E-state index in [1.165, 1.54) is 0 Å². The SMILES string of the molecule is COC[C@]12CC1COC2=O. The maximum atomic E-state index is 11.0. The van der Waals surface area contributed by atoms with E-state index < -0.39 is 0 Å². The summed E-state index contributed by atoms with van der Waals surface area (Å²) < 4.78 is 9.79. The van der Waals surface area contributed by atoms with E-state index in [9.17, 15) is 4.79 Å². The van der Waals surface area contributed by atoms with Gasteiger partial charge >= 0.3 is 5.97 Å². The number of carbonyl (C=O) groups excluding carboxylic acids is 1. The predicted octanol–water partition coefficient (Wildman–Crippen LogP) is 0.196. The molecule has 56 valence electrons. The third-order valence-electron chi connectivity index (χ3n) is 2.46.